The molecule has 4 rings (SSSR count). The maximum atomic E-state index is 13.3. The van der Waals surface area contributed by atoms with E-state index in [-0.39, 0.29) is 11.0 Å². The van der Waals surface area contributed by atoms with Crippen molar-refractivity contribution in [2.45, 2.75) is 58.9 Å². The molecule has 0 aliphatic heterocycles. The lowest BCUT2D eigenvalue weighted by atomic mass is 9.92. The molecule has 0 aliphatic carbocycles. The highest BCUT2D eigenvalue weighted by molar-refractivity contribution is 5.77. The van der Waals surface area contributed by atoms with Gasteiger partial charge >= 0.3 is 0 Å². The van der Waals surface area contributed by atoms with Crippen molar-refractivity contribution in [3.63, 3.8) is 0 Å². The summed E-state index contributed by atoms with van der Waals surface area (Å²) in [5, 5.41) is 3.78. The lowest BCUT2D eigenvalue weighted by molar-refractivity contribution is 0.413. The highest BCUT2D eigenvalue weighted by atomic mass is 16.1. The van der Waals surface area contributed by atoms with Crippen molar-refractivity contribution in [1.82, 2.24) is 29.2 Å². The number of hydrogen-bond acceptors (Lipinski definition) is 6. The summed E-state index contributed by atoms with van der Waals surface area (Å²) in [4.78, 5) is 29.7. The molecule has 0 unspecified atom stereocenters. The smallest absolute Gasteiger partial charge is 0.278 e. The van der Waals surface area contributed by atoms with Crippen LogP contribution >= 0.6 is 0 Å². The number of anilines is 2. The molecule has 4 aromatic rings. The zero-order chi connectivity index (χ0) is 25.9. The Morgan fingerprint density at radius 2 is 1.78 bits per heavy atom. The summed E-state index contributed by atoms with van der Waals surface area (Å²) < 4.78 is 3.58. The van der Waals surface area contributed by atoms with Gasteiger partial charge in [-0.3, -0.25) is 4.79 Å². The number of aromatic nitrogens is 5. The highest BCUT2D eigenvalue weighted by Crippen LogP contribution is 2.23. The van der Waals surface area contributed by atoms with E-state index in [0.717, 1.165) is 37.2 Å². The summed E-state index contributed by atoms with van der Waals surface area (Å²) in [5.41, 5.74) is 3.46. The summed E-state index contributed by atoms with van der Waals surface area (Å²) in [6, 6.07) is 14.2. The first kappa shape index (κ1) is 25.6. The molecule has 8 heteroatoms. The molecule has 0 saturated carbocycles. The molecule has 0 spiro atoms. The Bertz CT molecular complexity index is 1380. The number of nitrogens with zero attached hydrogens (tertiary/aromatic N) is 6. The molecule has 1 aromatic carbocycles. The van der Waals surface area contributed by atoms with Gasteiger partial charge in [-0.1, -0.05) is 52.3 Å². The van der Waals surface area contributed by atoms with E-state index in [1.54, 1.807) is 10.9 Å². The molecule has 36 heavy (non-hydrogen) atoms. The standard InChI is InChI=1S/C28H37N7O/c1-7-8-17-34-26(36)22-19-29-27(30-21-14-12-20(13-15-21)16-18-33(5)6)32-25(22)35(34)24-11-9-10-23(31-24)28(2,3)4/h9-15,19H,7-8,16-18H2,1-6H3,(H,29,30,32). The van der Waals surface area contributed by atoms with Gasteiger partial charge in [0.05, 0.1) is 0 Å². The van der Waals surface area contributed by atoms with E-state index in [1.807, 2.05) is 35.0 Å². The van der Waals surface area contributed by atoms with Gasteiger partial charge in [0.2, 0.25) is 5.95 Å². The lowest BCUT2D eigenvalue weighted by Gasteiger charge is -2.19. The molecule has 3 heterocycles. The summed E-state index contributed by atoms with van der Waals surface area (Å²) >= 11 is 0. The maximum absolute atomic E-state index is 13.3. The molecular formula is C28H37N7O. The average molecular weight is 488 g/mol. The predicted octanol–water partition coefficient (Wildman–Crippen LogP) is 4.92. The Balaban J connectivity index is 1.74. The largest absolute Gasteiger partial charge is 0.324 e. The molecule has 3 aromatic heterocycles. The lowest BCUT2D eigenvalue weighted by Crippen LogP contribution is -2.24. The Hall–Kier alpha value is -3.52. The molecule has 0 bridgehead atoms. The van der Waals surface area contributed by atoms with Gasteiger partial charge in [-0.05, 0) is 56.8 Å². The molecule has 0 atom stereocenters. The molecule has 0 aliphatic rings. The first-order chi connectivity index (χ1) is 17.2. The van der Waals surface area contributed by atoms with E-state index >= 15 is 0 Å². The van der Waals surface area contributed by atoms with E-state index in [0.29, 0.717) is 29.3 Å². The van der Waals surface area contributed by atoms with Gasteiger partial charge in [-0.25, -0.2) is 19.3 Å². The van der Waals surface area contributed by atoms with E-state index < -0.39 is 0 Å². The van der Waals surface area contributed by atoms with Crippen molar-refractivity contribution in [1.29, 1.82) is 0 Å². The second-order valence-electron chi connectivity index (χ2n) is 10.5. The average Bonchev–Trinajstić information content (AvgIpc) is 3.12. The number of likely N-dealkylation sites (N-methyl/N-ethyl adjacent to an activating group) is 1. The van der Waals surface area contributed by atoms with Crippen LogP contribution in [0.15, 0.2) is 53.5 Å². The van der Waals surface area contributed by atoms with Crippen LogP contribution in [0, 0.1) is 0 Å². The molecule has 0 radical (unpaired) electrons. The second-order valence-corrected chi connectivity index (χ2v) is 10.5. The van der Waals surface area contributed by atoms with Crippen LogP contribution in [0.3, 0.4) is 0 Å². The minimum atomic E-state index is -0.117. The minimum Gasteiger partial charge on any atom is -0.324 e. The van der Waals surface area contributed by atoms with E-state index in [4.69, 9.17) is 9.97 Å². The third-order valence-corrected chi connectivity index (χ3v) is 6.18. The fourth-order valence-electron chi connectivity index (χ4n) is 4.03. The van der Waals surface area contributed by atoms with Crippen molar-refractivity contribution >= 4 is 22.7 Å². The summed E-state index contributed by atoms with van der Waals surface area (Å²) in [5.74, 6) is 1.12. The normalized spacial score (nSPS) is 12.0. The van der Waals surface area contributed by atoms with Crippen LogP contribution in [0.2, 0.25) is 0 Å². The van der Waals surface area contributed by atoms with Gasteiger partial charge in [-0.2, -0.15) is 4.98 Å². The van der Waals surface area contributed by atoms with Crippen molar-refractivity contribution in [3.8, 4) is 5.82 Å². The third kappa shape index (κ3) is 5.65. The van der Waals surface area contributed by atoms with E-state index in [2.05, 4.69) is 69.1 Å². The highest BCUT2D eigenvalue weighted by Gasteiger charge is 2.21. The van der Waals surface area contributed by atoms with Crippen LogP contribution in [0.25, 0.3) is 16.9 Å². The van der Waals surface area contributed by atoms with Crippen LogP contribution in [0.5, 0.6) is 0 Å². The quantitative estimate of drug-likeness (QED) is 0.361. The number of hydrogen-bond donors (Lipinski definition) is 1. The molecule has 1 N–H and O–H groups in total. The monoisotopic (exact) mass is 487 g/mol. The van der Waals surface area contributed by atoms with Crippen molar-refractivity contribution in [3.05, 3.63) is 70.3 Å². The predicted molar refractivity (Wildman–Crippen MR) is 147 cm³/mol. The molecular weight excluding hydrogens is 450 g/mol. The topological polar surface area (TPSA) is 80.9 Å². The number of pyridine rings is 1. The van der Waals surface area contributed by atoms with Crippen molar-refractivity contribution in [2.24, 2.45) is 0 Å². The van der Waals surface area contributed by atoms with Crippen LogP contribution in [-0.4, -0.2) is 49.9 Å². The van der Waals surface area contributed by atoms with Crippen LogP contribution in [0.4, 0.5) is 11.6 Å². The first-order valence-electron chi connectivity index (χ1n) is 12.6. The fraction of sp³-hybridized carbons (Fsp3) is 0.429. The van der Waals surface area contributed by atoms with Crippen LogP contribution in [0.1, 0.15) is 51.8 Å². The van der Waals surface area contributed by atoms with E-state index in [1.165, 1.54) is 5.56 Å². The van der Waals surface area contributed by atoms with Gasteiger partial charge in [0.25, 0.3) is 5.56 Å². The minimum absolute atomic E-state index is 0.0989. The molecule has 0 amide bonds. The number of rotatable bonds is 9. The number of nitrogens with one attached hydrogen (secondary N) is 1. The third-order valence-electron chi connectivity index (χ3n) is 6.18. The molecule has 0 fully saturated rings. The van der Waals surface area contributed by atoms with Crippen LogP contribution in [-0.2, 0) is 18.4 Å². The Kier molecular flexibility index (Phi) is 7.54. The van der Waals surface area contributed by atoms with Crippen LogP contribution < -0.4 is 10.9 Å². The van der Waals surface area contributed by atoms with E-state index in [9.17, 15) is 4.79 Å². The summed E-state index contributed by atoms with van der Waals surface area (Å²) in [7, 11) is 4.15. The summed E-state index contributed by atoms with van der Waals surface area (Å²) in [6.45, 7) is 10.1. The maximum Gasteiger partial charge on any atom is 0.278 e. The second kappa shape index (κ2) is 10.6. The number of fused-ring (bicyclic) bond motifs is 1. The van der Waals surface area contributed by atoms with Gasteiger partial charge in [0.1, 0.15) is 5.39 Å². The van der Waals surface area contributed by atoms with Crippen molar-refractivity contribution < 1.29 is 0 Å². The Labute approximate surface area is 213 Å². The van der Waals surface area contributed by atoms with Gasteiger partial charge in [0, 0.05) is 36.1 Å². The Morgan fingerprint density at radius 1 is 1.03 bits per heavy atom. The first-order valence-corrected chi connectivity index (χ1v) is 12.6. The zero-order valence-electron chi connectivity index (χ0n) is 22.2. The van der Waals surface area contributed by atoms with Crippen molar-refractivity contribution in [2.75, 3.05) is 26.0 Å². The molecule has 0 saturated heterocycles. The van der Waals surface area contributed by atoms with Gasteiger partial charge in [-0.15, -0.1) is 0 Å². The summed E-state index contributed by atoms with van der Waals surface area (Å²) in [6.07, 6.45) is 4.47. The molecule has 8 nitrogen and oxygen atoms in total. The molecule has 190 valence electrons. The zero-order valence-corrected chi connectivity index (χ0v) is 22.2. The van der Waals surface area contributed by atoms with Gasteiger partial charge < -0.3 is 10.2 Å². The number of unbranched alkanes of at least 4 members (excludes halogenated alkanes) is 1. The number of benzene rings is 1. The van der Waals surface area contributed by atoms with Gasteiger partial charge in [0.15, 0.2) is 11.5 Å². The Morgan fingerprint density at radius 3 is 2.44 bits per heavy atom. The SMILES string of the molecule is CCCCn1c(=O)c2cnc(Nc3ccc(CCN(C)C)cc3)nc2n1-c1cccc(C(C)(C)C)n1. The fourth-order valence-corrected chi connectivity index (χ4v) is 4.03.